The normalized spacial score (nSPS) is 15.6. The van der Waals surface area contributed by atoms with Gasteiger partial charge in [0.25, 0.3) is 5.91 Å². The van der Waals surface area contributed by atoms with E-state index in [2.05, 4.69) is 20.3 Å². The molecule has 3 aromatic rings. The van der Waals surface area contributed by atoms with Crippen molar-refractivity contribution in [2.75, 3.05) is 45.2 Å². The van der Waals surface area contributed by atoms with Crippen molar-refractivity contribution < 1.29 is 17.9 Å². The second kappa shape index (κ2) is 9.08. The van der Waals surface area contributed by atoms with Crippen molar-refractivity contribution in [2.45, 2.75) is 18.7 Å². The number of piperazine rings is 1. The van der Waals surface area contributed by atoms with E-state index in [-0.39, 0.29) is 17.4 Å². The number of nitrogens with one attached hydrogen (secondary N) is 1. The molecule has 1 N–H and O–H groups in total. The first-order valence-corrected chi connectivity index (χ1v) is 12.1. The van der Waals surface area contributed by atoms with Crippen LogP contribution >= 0.6 is 0 Å². The van der Waals surface area contributed by atoms with Gasteiger partial charge in [-0.15, -0.1) is 5.10 Å². The number of fused-ring (bicyclic) bond motifs is 1. The Bertz CT molecular complexity index is 1280. The zero-order valence-corrected chi connectivity index (χ0v) is 20.0. The highest BCUT2D eigenvalue weighted by atomic mass is 32.2. The van der Waals surface area contributed by atoms with Gasteiger partial charge in [0.15, 0.2) is 12.3 Å². The number of sulfonamides is 1. The summed E-state index contributed by atoms with van der Waals surface area (Å²) >= 11 is 0. The summed E-state index contributed by atoms with van der Waals surface area (Å²) in [5.74, 6) is -0.0255. The number of anilines is 1. The molecule has 0 unspecified atom stereocenters. The maximum Gasteiger partial charge on any atom is 0.262 e. The number of carbonyl (C=O) groups excluding carboxylic acids is 1. The number of aryl methyl sites for hydroxylation is 3. The van der Waals surface area contributed by atoms with Gasteiger partial charge in [0, 0.05) is 44.6 Å². The van der Waals surface area contributed by atoms with Gasteiger partial charge >= 0.3 is 0 Å². The molecule has 1 aliphatic rings. The van der Waals surface area contributed by atoms with E-state index in [1.165, 1.54) is 16.4 Å². The third kappa shape index (κ3) is 4.85. The standard InChI is InChI=1S/C22H28N6O4S/c1-15-13-16(2)23-21-20(15)22(25-27(21)4)32-14-19(29)24-17-5-7-18(8-6-17)33(30,31)28-11-9-26(3)10-12-28/h5-8,13H,9-12,14H2,1-4H3,(H,24,29). The summed E-state index contributed by atoms with van der Waals surface area (Å²) in [7, 11) is 0.199. The van der Waals surface area contributed by atoms with Crippen LogP contribution in [0.4, 0.5) is 5.69 Å². The van der Waals surface area contributed by atoms with Crippen LogP contribution in [0.2, 0.25) is 0 Å². The molecule has 1 amide bonds. The molecule has 0 aliphatic carbocycles. The molecule has 0 saturated carbocycles. The zero-order valence-electron chi connectivity index (χ0n) is 19.2. The first-order chi connectivity index (χ1) is 15.6. The van der Waals surface area contributed by atoms with E-state index in [1.54, 1.807) is 23.9 Å². The molecule has 0 radical (unpaired) electrons. The number of ether oxygens (including phenoxy) is 1. The Morgan fingerprint density at radius 3 is 2.42 bits per heavy atom. The molecule has 0 atom stereocenters. The third-order valence-corrected chi connectivity index (χ3v) is 7.58. The number of likely N-dealkylation sites (N-methyl/N-ethyl adjacent to an activating group) is 1. The van der Waals surface area contributed by atoms with Crippen molar-refractivity contribution in [1.29, 1.82) is 0 Å². The molecule has 3 heterocycles. The van der Waals surface area contributed by atoms with E-state index in [0.29, 0.717) is 43.4 Å². The lowest BCUT2D eigenvalue weighted by Gasteiger charge is -2.31. The third-order valence-electron chi connectivity index (χ3n) is 5.66. The Kier molecular flexibility index (Phi) is 6.37. The Morgan fingerprint density at radius 1 is 1.09 bits per heavy atom. The summed E-state index contributed by atoms with van der Waals surface area (Å²) in [6, 6.07) is 8.11. The molecule has 11 heteroatoms. The second-order valence-electron chi connectivity index (χ2n) is 8.28. The summed E-state index contributed by atoms with van der Waals surface area (Å²) in [6.45, 7) is 5.96. The quantitative estimate of drug-likeness (QED) is 0.579. The monoisotopic (exact) mass is 472 g/mol. The SMILES string of the molecule is Cc1cc(C)c2c(OCC(=O)Nc3ccc(S(=O)(=O)N4CCN(C)CC4)cc3)nn(C)c2n1. The van der Waals surface area contributed by atoms with Crippen molar-refractivity contribution >= 4 is 32.7 Å². The summed E-state index contributed by atoms with van der Waals surface area (Å²) in [5.41, 5.74) is 3.03. The van der Waals surface area contributed by atoms with Gasteiger partial charge in [-0.3, -0.25) is 4.79 Å². The highest BCUT2D eigenvalue weighted by Crippen LogP contribution is 2.27. The fraction of sp³-hybridized carbons (Fsp3) is 0.409. The lowest BCUT2D eigenvalue weighted by atomic mass is 10.2. The van der Waals surface area contributed by atoms with Crippen molar-refractivity contribution in [3.63, 3.8) is 0 Å². The van der Waals surface area contributed by atoms with E-state index < -0.39 is 10.0 Å². The number of hydrogen-bond donors (Lipinski definition) is 1. The molecular weight excluding hydrogens is 444 g/mol. The molecule has 1 fully saturated rings. The van der Waals surface area contributed by atoms with Crippen LogP contribution in [0, 0.1) is 13.8 Å². The van der Waals surface area contributed by atoms with Crippen LogP contribution in [0.15, 0.2) is 35.2 Å². The first kappa shape index (κ1) is 23.1. The molecule has 176 valence electrons. The van der Waals surface area contributed by atoms with Crippen LogP contribution in [-0.2, 0) is 21.9 Å². The van der Waals surface area contributed by atoms with Crippen molar-refractivity contribution in [1.82, 2.24) is 24.0 Å². The van der Waals surface area contributed by atoms with Crippen LogP contribution in [-0.4, -0.2) is 78.1 Å². The average Bonchev–Trinajstić information content (AvgIpc) is 3.08. The smallest absolute Gasteiger partial charge is 0.262 e. The second-order valence-corrected chi connectivity index (χ2v) is 10.2. The minimum atomic E-state index is -3.55. The molecule has 2 aromatic heterocycles. The number of aromatic nitrogens is 3. The fourth-order valence-corrected chi connectivity index (χ4v) is 5.29. The van der Waals surface area contributed by atoms with E-state index in [9.17, 15) is 13.2 Å². The van der Waals surface area contributed by atoms with E-state index in [1.807, 2.05) is 27.0 Å². The Balaban J connectivity index is 1.39. The number of pyridine rings is 1. The van der Waals surface area contributed by atoms with Crippen LogP contribution in [0.3, 0.4) is 0 Å². The Labute approximate surface area is 193 Å². The number of benzene rings is 1. The minimum Gasteiger partial charge on any atom is -0.466 e. The topological polar surface area (TPSA) is 110 Å². The van der Waals surface area contributed by atoms with E-state index in [4.69, 9.17) is 4.74 Å². The molecule has 4 rings (SSSR count). The maximum atomic E-state index is 12.8. The van der Waals surface area contributed by atoms with Gasteiger partial charge < -0.3 is 15.0 Å². The first-order valence-electron chi connectivity index (χ1n) is 10.7. The van der Waals surface area contributed by atoms with E-state index >= 15 is 0 Å². The van der Waals surface area contributed by atoms with Gasteiger partial charge in [-0.25, -0.2) is 18.1 Å². The minimum absolute atomic E-state index is 0.208. The van der Waals surface area contributed by atoms with Gasteiger partial charge in [0.1, 0.15) is 0 Å². The highest BCUT2D eigenvalue weighted by molar-refractivity contribution is 7.89. The van der Waals surface area contributed by atoms with Crippen LogP contribution in [0.25, 0.3) is 11.0 Å². The molecule has 0 spiro atoms. The van der Waals surface area contributed by atoms with Crippen LogP contribution in [0.5, 0.6) is 5.88 Å². The van der Waals surface area contributed by atoms with Gasteiger partial charge in [0.05, 0.1) is 10.3 Å². The lowest BCUT2D eigenvalue weighted by Crippen LogP contribution is -2.46. The van der Waals surface area contributed by atoms with Crippen molar-refractivity contribution in [2.24, 2.45) is 7.05 Å². The van der Waals surface area contributed by atoms with E-state index in [0.717, 1.165) is 16.6 Å². The number of rotatable bonds is 6. The van der Waals surface area contributed by atoms with Gasteiger partial charge in [-0.05, 0) is 56.8 Å². The maximum absolute atomic E-state index is 12.8. The predicted octanol–water partition coefficient (Wildman–Crippen LogP) is 1.54. The summed E-state index contributed by atoms with van der Waals surface area (Å²) in [4.78, 5) is 19.2. The number of amides is 1. The average molecular weight is 473 g/mol. The number of carbonyl (C=O) groups is 1. The molecule has 1 saturated heterocycles. The van der Waals surface area contributed by atoms with Crippen LogP contribution in [0.1, 0.15) is 11.3 Å². The molecule has 1 aromatic carbocycles. The molecule has 0 bridgehead atoms. The zero-order chi connectivity index (χ0) is 23.8. The Hall–Kier alpha value is -3.02. The van der Waals surface area contributed by atoms with Crippen molar-refractivity contribution in [3.05, 3.63) is 41.6 Å². The predicted molar refractivity (Wildman–Crippen MR) is 125 cm³/mol. The molecular formula is C22H28N6O4S. The van der Waals surface area contributed by atoms with Gasteiger partial charge in [-0.2, -0.15) is 4.31 Å². The fourth-order valence-electron chi connectivity index (χ4n) is 3.87. The molecule has 1 aliphatic heterocycles. The van der Waals surface area contributed by atoms with Crippen molar-refractivity contribution in [3.8, 4) is 5.88 Å². The van der Waals surface area contributed by atoms with Crippen LogP contribution < -0.4 is 10.1 Å². The lowest BCUT2D eigenvalue weighted by molar-refractivity contribution is -0.118. The number of nitrogens with zero attached hydrogens (tertiary/aromatic N) is 5. The Morgan fingerprint density at radius 2 is 1.76 bits per heavy atom. The molecule has 10 nitrogen and oxygen atoms in total. The highest BCUT2D eigenvalue weighted by Gasteiger charge is 2.27. The number of hydrogen-bond acceptors (Lipinski definition) is 7. The largest absolute Gasteiger partial charge is 0.466 e. The summed E-state index contributed by atoms with van der Waals surface area (Å²) in [5, 5.41) is 7.83. The summed E-state index contributed by atoms with van der Waals surface area (Å²) in [6.07, 6.45) is 0. The van der Waals surface area contributed by atoms with Gasteiger partial charge in [0.2, 0.25) is 15.9 Å². The summed E-state index contributed by atoms with van der Waals surface area (Å²) < 4.78 is 34.4. The van der Waals surface area contributed by atoms with Gasteiger partial charge in [-0.1, -0.05) is 0 Å². The molecule has 33 heavy (non-hydrogen) atoms.